The van der Waals surface area contributed by atoms with Gasteiger partial charge in [0.2, 0.25) is 0 Å². The van der Waals surface area contributed by atoms with Crippen molar-refractivity contribution in [1.29, 1.82) is 0 Å². The Labute approximate surface area is 78.8 Å². The van der Waals surface area contributed by atoms with Gasteiger partial charge in [0.1, 0.15) is 0 Å². The predicted molar refractivity (Wildman–Crippen MR) is 52.3 cm³/mol. The zero-order valence-electron chi connectivity index (χ0n) is 6.97. The van der Waals surface area contributed by atoms with E-state index in [0.717, 1.165) is 5.56 Å². The summed E-state index contributed by atoms with van der Waals surface area (Å²) in [7, 11) is 0. The number of aliphatic hydroxyl groups is 1. The van der Waals surface area contributed by atoms with Crippen LogP contribution in [0.2, 0.25) is 0 Å². The Kier molecular flexibility index (Phi) is 4.90. The molecule has 0 heterocycles. The van der Waals surface area contributed by atoms with Gasteiger partial charge >= 0.3 is 0 Å². The first kappa shape index (κ1) is 11.4. The van der Waals surface area contributed by atoms with E-state index in [1.165, 1.54) is 0 Å². The summed E-state index contributed by atoms with van der Waals surface area (Å²) < 4.78 is 0. The Morgan fingerprint density at radius 3 is 2.17 bits per heavy atom. The van der Waals surface area contributed by atoms with Gasteiger partial charge in [-0.1, -0.05) is 30.3 Å². The molecule has 2 nitrogen and oxygen atoms in total. The van der Waals surface area contributed by atoms with Crippen LogP contribution in [0.4, 0.5) is 0 Å². The number of hydrogen-bond donors (Lipinski definition) is 2. The molecule has 12 heavy (non-hydrogen) atoms. The summed E-state index contributed by atoms with van der Waals surface area (Å²) in [4.78, 5) is 0. The Morgan fingerprint density at radius 1 is 1.25 bits per heavy atom. The first-order valence-corrected chi connectivity index (χ1v) is 3.70. The van der Waals surface area contributed by atoms with Crippen LogP contribution in [0.3, 0.4) is 0 Å². The van der Waals surface area contributed by atoms with Gasteiger partial charge in [0.25, 0.3) is 0 Å². The molecule has 0 radical (unpaired) electrons. The normalized spacial score (nSPS) is 14.6. The summed E-state index contributed by atoms with van der Waals surface area (Å²) in [6.45, 7) is 1.79. The van der Waals surface area contributed by atoms with Gasteiger partial charge in [0.15, 0.2) is 0 Å². The molecule has 0 amide bonds. The van der Waals surface area contributed by atoms with E-state index < -0.39 is 6.10 Å². The second kappa shape index (κ2) is 5.14. The molecule has 3 N–H and O–H groups in total. The molecule has 0 aliphatic heterocycles. The molecule has 3 heteroatoms. The summed E-state index contributed by atoms with van der Waals surface area (Å²) in [5, 5.41) is 9.47. The molecular weight excluding hydrogens is 174 g/mol. The third-order valence-electron chi connectivity index (χ3n) is 1.64. The topological polar surface area (TPSA) is 46.2 Å². The highest BCUT2D eigenvalue weighted by molar-refractivity contribution is 5.85. The molecule has 0 saturated heterocycles. The lowest BCUT2D eigenvalue weighted by Gasteiger charge is -2.13. The van der Waals surface area contributed by atoms with Crippen molar-refractivity contribution in [2.75, 3.05) is 0 Å². The monoisotopic (exact) mass is 187 g/mol. The van der Waals surface area contributed by atoms with E-state index in [1.54, 1.807) is 6.92 Å². The predicted octanol–water partition coefficient (Wildman–Crippen LogP) is 1.49. The smallest absolute Gasteiger partial charge is 0.0938 e. The minimum Gasteiger partial charge on any atom is -0.387 e. The average Bonchev–Trinajstić information content (AvgIpc) is 2.05. The maximum Gasteiger partial charge on any atom is 0.0938 e. The van der Waals surface area contributed by atoms with Gasteiger partial charge in [-0.2, -0.15) is 0 Å². The zero-order valence-corrected chi connectivity index (χ0v) is 7.79. The van der Waals surface area contributed by atoms with Gasteiger partial charge < -0.3 is 10.8 Å². The number of hydrogen-bond acceptors (Lipinski definition) is 2. The number of nitrogens with two attached hydrogens (primary N) is 1. The molecule has 2 atom stereocenters. The van der Waals surface area contributed by atoms with Crippen molar-refractivity contribution in [3.63, 3.8) is 0 Å². The van der Waals surface area contributed by atoms with E-state index in [4.69, 9.17) is 5.73 Å². The van der Waals surface area contributed by atoms with E-state index in [0.29, 0.717) is 0 Å². The summed E-state index contributed by atoms with van der Waals surface area (Å²) >= 11 is 0. The van der Waals surface area contributed by atoms with Crippen LogP contribution in [-0.4, -0.2) is 11.1 Å². The van der Waals surface area contributed by atoms with E-state index in [1.807, 2.05) is 30.3 Å². The Bertz CT molecular complexity index is 213. The maximum absolute atomic E-state index is 9.47. The second-order valence-electron chi connectivity index (χ2n) is 2.71. The standard InChI is InChI=1S/C9H13NO.ClH/c1-7(10)9(11)8-5-3-2-4-6-8;/h2-7,9,11H,10H2,1H3;1H/t7?,9-;/m1./s1. The van der Waals surface area contributed by atoms with Crippen molar-refractivity contribution in [2.24, 2.45) is 5.73 Å². The van der Waals surface area contributed by atoms with Crippen LogP contribution in [0.5, 0.6) is 0 Å². The van der Waals surface area contributed by atoms with Crippen molar-refractivity contribution in [3.05, 3.63) is 35.9 Å². The van der Waals surface area contributed by atoms with Crippen LogP contribution >= 0.6 is 12.4 Å². The largest absolute Gasteiger partial charge is 0.387 e. The molecule has 1 unspecified atom stereocenters. The van der Waals surface area contributed by atoms with Crippen LogP contribution in [0.25, 0.3) is 0 Å². The first-order chi connectivity index (χ1) is 5.22. The summed E-state index contributed by atoms with van der Waals surface area (Å²) in [6, 6.07) is 9.22. The molecule has 0 spiro atoms. The molecule has 0 saturated carbocycles. The molecule has 1 rings (SSSR count). The minimum absolute atomic E-state index is 0. The molecule has 0 aromatic heterocycles. The van der Waals surface area contributed by atoms with Crippen molar-refractivity contribution in [1.82, 2.24) is 0 Å². The van der Waals surface area contributed by atoms with Crippen molar-refractivity contribution >= 4 is 12.4 Å². The van der Waals surface area contributed by atoms with E-state index >= 15 is 0 Å². The quantitative estimate of drug-likeness (QED) is 0.737. The minimum atomic E-state index is -0.545. The number of benzene rings is 1. The third-order valence-corrected chi connectivity index (χ3v) is 1.64. The van der Waals surface area contributed by atoms with Crippen LogP contribution in [-0.2, 0) is 0 Å². The Hall–Kier alpha value is -0.570. The average molecular weight is 188 g/mol. The maximum atomic E-state index is 9.47. The van der Waals surface area contributed by atoms with E-state index in [9.17, 15) is 5.11 Å². The van der Waals surface area contributed by atoms with Crippen molar-refractivity contribution in [3.8, 4) is 0 Å². The van der Waals surface area contributed by atoms with Gasteiger partial charge in [-0.3, -0.25) is 0 Å². The zero-order chi connectivity index (χ0) is 8.27. The molecule has 0 aliphatic rings. The van der Waals surface area contributed by atoms with Crippen molar-refractivity contribution < 1.29 is 5.11 Å². The lowest BCUT2D eigenvalue weighted by molar-refractivity contribution is 0.153. The van der Waals surface area contributed by atoms with Gasteiger partial charge in [0.05, 0.1) is 6.10 Å². The molecule has 0 bridgehead atoms. The fraction of sp³-hybridized carbons (Fsp3) is 0.333. The van der Waals surface area contributed by atoms with Gasteiger partial charge in [-0.05, 0) is 12.5 Å². The molecule has 0 fully saturated rings. The summed E-state index contributed by atoms with van der Waals surface area (Å²) in [5.41, 5.74) is 6.40. The Balaban J connectivity index is 0.00000121. The summed E-state index contributed by atoms with van der Waals surface area (Å²) in [6.07, 6.45) is -0.545. The van der Waals surface area contributed by atoms with Crippen molar-refractivity contribution in [2.45, 2.75) is 19.1 Å². The lowest BCUT2D eigenvalue weighted by atomic mass is 10.0. The molecule has 1 aromatic rings. The number of rotatable bonds is 2. The van der Waals surface area contributed by atoms with E-state index in [2.05, 4.69) is 0 Å². The third kappa shape index (κ3) is 2.81. The SMILES string of the molecule is CC(N)[C@@H](O)c1ccccc1.Cl. The second-order valence-corrected chi connectivity index (χ2v) is 2.71. The molecular formula is C9H14ClNO. The Morgan fingerprint density at radius 2 is 1.75 bits per heavy atom. The molecule has 68 valence electrons. The highest BCUT2D eigenvalue weighted by Crippen LogP contribution is 2.13. The van der Waals surface area contributed by atoms with Crippen LogP contribution in [0.15, 0.2) is 30.3 Å². The molecule has 1 aromatic carbocycles. The number of halogens is 1. The fourth-order valence-corrected chi connectivity index (χ4v) is 0.954. The lowest BCUT2D eigenvalue weighted by Crippen LogP contribution is -2.24. The highest BCUT2D eigenvalue weighted by Gasteiger charge is 2.10. The van der Waals surface area contributed by atoms with Crippen LogP contribution < -0.4 is 5.73 Å². The van der Waals surface area contributed by atoms with Gasteiger partial charge in [-0.25, -0.2) is 0 Å². The summed E-state index contributed by atoms with van der Waals surface area (Å²) in [5.74, 6) is 0. The highest BCUT2D eigenvalue weighted by atomic mass is 35.5. The number of aliphatic hydroxyl groups excluding tert-OH is 1. The van der Waals surface area contributed by atoms with Gasteiger partial charge in [0, 0.05) is 6.04 Å². The molecule has 0 aliphatic carbocycles. The fourth-order valence-electron chi connectivity index (χ4n) is 0.954. The van der Waals surface area contributed by atoms with Crippen LogP contribution in [0, 0.1) is 0 Å². The van der Waals surface area contributed by atoms with Gasteiger partial charge in [-0.15, -0.1) is 12.4 Å². The van der Waals surface area contributed by atoms with Crippen LogP contribution in [0.1, 0.15) is 18.6 Å². The first-order valence-electron chi connectivity index (χ1n) is 3.70. The van der Waals surface area contributed by atoms with E-state index in [-0.39, 0.29) is 18.4 Å².